The number of hydrogen-bond acceptors (Lipinski definition) is 5. The van der Waals surface area contributed by atoms with Crippen LogP contribution in [0.25, 0.3) is 0 Å². The lowest BCUT2D eigenvalue weighted by Crippen LogP contribution is -2.43. The maximum atomic E-state index is 10.7. The normalized spacial score (nSPS) is 18.5. The van der Waals surface area contributed by atoms with Crippen molar-refractivity contribution >= 4 is 11.4 Å². The minimum Gasteiger partial charge on any atom is -0.389 e. The van der Waals surface area contributed by atoms with Crippen LogP contribution < -0.4 is 4.90 Å². The first-order valence-electron chi connectivity index (χ1n) is 7.74. The summed E-state index contributed by atoms with van der Waals surface area (Å²) in [5, 5.41) is 25.0. The Morgan fingerprint density at radius 2 is 2.22 bits per heavy atom. The SMILES string of the molecule is C[C@@H]1CCc2ccccc2N1C[C@H](O)Cn1cc([N+](=O)[O-])cn1. The van der Waals surface area contributed by atoms with Gasteiger partial charge in [-0.15, -0.1) is 0 Å². The number of para-hydroxylation sites is 1. The topological polar surface area (TPSA) is 84.4 Å². The van der Waals surface area contributed by atoms with Crippen molar-refractivity contribution in [3.05, 3.63) is 52.3 Å². The van der Waals surface area contributed by atoms with Gasteiger partial charge in [-0.05, 0) is 31.4 Å². The zero-order valence-corrected chi connectivity index (χ0v) is 13.0. The average Bonchev–Trinajstić information content (AvgIpc) is 2.99. The van der Waals surface area contributed by atoms with Crippen molar-refractivity contribution in [2.24, 2.45) is 0 Å². The molecule has 3 rings (SSSR count). The van der Waals surface area contributed by atoms with Crippen LogP contribution >= 0.6 is 0 Å². The number of benzene rings is 1. The number of nitro groups is 1. The lowest BCUT2D eigenvalue weighted by atomic mass is 9.96. The van der Waals surface area contributed by atoms with Gasteiger partial charge in [0.2, 0.25) is 0 Å². The smallest absolute Gasteiger partial charge is 0.306 e. The lowest BCUT2D eigenvalue weighted by molar-refractivity contribution is -0.385. The summed E-state index contributed by atoms with van der Waals surface area (Å²) in [6.45, 7) is 2.87. The Bertz CT molecular complexity index is 700. The van der Waals surface area contributed by atoms with Gasteiger partial charge in [-0.2, -0.15) is 5.10 Å². The molecule has 0 fully saturated rings. The highest BCUT2D eigenvalue weighted by Crippen LogP contribution is 2.30. The molecule has 1 aromatic heterocycles. The van der Waals surface area contributed by atoms with E-state index in [0.717, 1.165) is 18.5 Å². The molecule has 2 aromatic rings. The van der Waals surface area contributed by atoms with Gasteiger partial charge in [0.05, 0.1) is 17.6 Å². The van der Waals surface area contributed by atoms with Crippen LogP contribution in [-0.4, -0.2) is 38.5 Å². The Labute approximate surface area is 134 Å². The number of hydrogen-bond donors (Lipinski definition) is 1. The molecule has 0 unspecified atom stereocenters. The van der Waals surface area contributed by atoms with E-state index in [1.807, 2.05) is 12.1 Å². The number of aromatic nitrogens is 2. The Morgan fingerprint density at radius 3 is 2.96 bits per heavy atom. The van der Waals surface area contributed by atoms with E-state index in [9.17, 15) is 15.2 Å². The average molecular weight is 316 g/mol. The molecular formula is C16H20N4O3. The fourth-order valence-electron chi connectivity index (χ4n) is 3.09. The molecule has 0 spiro atoms. The minimum atomic E-state index is -0.650. The number of nitrogens with zero attached hydrogens (tertiary/aromatic N) is 4. The fourth-order valence-corrected chi connectivity index (χ4v) is 3.09. The highest BCUT2D eigenvalue weighted by Gasteiger charge is 2.25. The molecule has 23 heavy (non-hydrogen) atoms. The lowest BCUT2D eigenvalue weighted by Gasteiger charge is -2.38. The van der Waals surface area contributed by atoms with E-state index in [-0.39, 0.29) is 12.2 Å². The van der Waals surface area contributed by atoms with Gasteiger partial charge in [0.15, 0.2) is 0 Å². The van der Waals surface area contributed by atoms with E-state index in [4.69, 9.17) is 0 Å². The standard InChI is InChI=1S/C16H20N4O3/c1-12-6-7-13-4-2-3-5-16(13)19(12)11-15(21)10-18-9-14(8-17-18)20(22)23/h2-5,8-9,12,15,21H,6-7,10-11H2,1H3/t12-,15-/m1/s1. The highest BCUT2D eigenvalue weighted by atomic mass is 16.6. The summed E-state index contributed by atoms with van der Waals surface area (Å²) < 4.78 is 1.42. The van der Waals surface area contributed by atoms with Crippen LogP contribution in [-0.2, 0) is 13.0 Å². The van der Waals surface area contributed by atoms with Crippen molar-refractivity contribution in [3.8, 4) is 0 Å². The molecule has 7 heteroatoms. The Hall–Kier alpha value is -2.41. The maximum Gasteiger partial charge on any atom is 0.306 e. The van der Waals surface area contributed by atoms with E-state index in [1.54, 1.807) is 0 Å². The fraction of sp³-hybridized carbons (Fsp3) is 0.438. The van der Waals surface area contributed by atoms with Crippen molar-refractivity contribution in [1.82, 2.24) is 9.78 Å². The molecule has 1 N–H and O–H groups in total. The minimum absolute atomic E-state index is 0.0612. The van der Waals surface area contributed by atoms with Crippen molar-refractivity contribution < 1.29 is 10.0 Å². The van der Waals surface area contributed by atoms with Crippen LogP contribution in [0.3, 0.4) is 0 Å². The predicted octanol–water partition coefficient (Wildman–Crippen LogP) is 1.99. The molecule has 7 nitrogen and oxygen atoms in total. The Kier molecular flexibility index (Phi) is 4.29. The number of anilines is 1. The van der Waals surface area contributed by atoms with Crippen molar-refractivity contribution in [2.45, 2.75) is 38.5 Å². The first-order valence-corrected chi connectivity index (χ1v) is 7.74. The van der Waals surface area contributed by atoms with E-state index < -0.39 is 11.0 Å². The molecule has 0 aliphatic carbocycles. The van der Waals surface area contributed by atoms with Crippen LogP contribution in [0.2, 0.25) is 0 Å². The molecule has 0 bridgehead atoms. The summed E-state index contributed by atoms with van der Waals surface area (Å²) in [6.07, 6.45) is 4.00. The van der Waals surface area contributed by atoms with Crippen LogP contribution in [0.1, 0.15) is 18.9 Å². The molecule has 0 saturated carbocycles. The van der Waals surface area contributed by atoms with E-state index in [1.165, 1.54) is 22.6 Å². The molecule has 0 saturated heterocycles. The van der Waals surface area contributed by atoms with Crippen LogP contribution in [0.4, 0.5) is 11.4 Å². The van der Waals surface area contributed by atoms with Crippen molar-refractivity contribution in [3.63, 3.8) is 0 Å². The van der Waals surface area contributed by atoms with Gasteiger partial charge >= 0.3 is 5.69 Å². The molecule has 0 amide bonds. The number of rotatable bonds is 5. The number of β-amino-alcohol motifs (C(OH)–C–C–N with tert-alkyl or cyclic N) is 1. The molecule has 1 aliphatic rings. The van der Waals surface area contributed by atoms with E-state index >= 15 is 0 Å². The largest absolute Gasteiger partial charge is 0.389 e. The molecule has 2 atom stereocenters. The highest BCUT2D eigenvalue weighted by molar-refractivity contribution is 5.56. The zero-order chi connectivity index (χ0) is 16.4. The first-order chi connectivity index (χ1) is 11.0. The zero-order valence-electron chi connectivity index (χ0n) is 13.0. The second-order valence-electron chi connectivity index (χ2n) is 6.00. The number of aryl methyl sites for hydroxylation is 1. The summed E-state index contributed by atoms with van der Waals surface area (Å²) in [5.74, 6) is 0. The predicted molar refractivity (Wildman–Crippen MR) is 86.5 cm³/mol. The van der Waals surface area contributed by atoms with Gasteiger partial charge < -0.3 is 10.0 Å². The maximum absolute atomic E-state index is 10.7. The Balaban J connectivity index is 1.69. The van der Waals surface area contributed by atoms with Crippen LogP contribution in [0.15, 0.2) is 36.7 Å². The van der Waals surface area contributed by atoms with Gasteiger partial charge in [0.25, 0.3) is 0 Å². The van der Waals surface area contributed by atoms with Crippen molar-refractivity contribution in [1.29, 1.82) is 0 Å². The molecule has 0 radical (unpaired) electrons. The third-order valence-electron chi connectivity index (χ3n) is 4.30. The van der Waals surface area contributed by atoms with Gasteiger partial charge in [-0.25, -0.2) is 0 Å². The summed E-state index contributed by atoms with van der Waals surface area (Å²) in [4.78, 5) is 12.4. The number of aliphatic hydroxyl groups is 1. The van der Waals surface area contributed by atoms with Crippen LogP contribution in [0.5, 0.6) is 0 Å². The third-order valence-corrected chi connectivity index (χ3v) is 4.30. The first kappa shape index (κ1) is 15.5. The third kappa shape index (κ3) is 3.34. The quantitative estimate of drug-likeness (QED) is 0.673. The van der Waals surface area contributed by atoms with E-state index in [0.29, 0.717) is 12.6 Å². The molecule has 1 aliphatic heterocycles. The van der Waals surface area contributed by atoms with Gasteiger partial charge in [-0.1, -0.05) is 18.2 Å². The monoisotopic (exact) mass is 316 g/mol. The molecule has 1 aromatic carbocycles. The number of fused-ring (bicyclic) bond motifs is 1. The van der Waals surface area contributed by atoms with E-state index in [2.05, 4.69) is 29.1 Å². The molecule has 122 valence electrons. The van der Waals surface area contributed by atoms with Gasteiger partial charge in [-0.3, -0.25) is 14.8 Å². The van der Waals surface area contributed by atoms with Gasteiger partial charge in [0, 0.05) is 18.3 Å². The van der Waals surface area contributed by atoms with Gasteiger partial charge in [0.1, 0.15) is 12.4 Å². The summed E-state index contributed by atoms with van der Waals surface area (Å²) in [5.41, 5.74) is 2.40. The number of aliphatic hydroxyl groups excluding tert-OH is 1. The second-order valence-corrected chi connectivity index (χ2v) is 6.00. The second kappa shape index (κ2) is 6.37. The summed E-state index contributed by atoms with van der Waals surface area (Å²) in [6, 6.07) is 8.60. The Morgan fingerprint density at radius 1 is 1.43 bits per heavy atom. The molecular weight excluding hydrogens is 296 g/mol. The molecule has 2 heterocycles. The van der Waals surface area contributed by atoms with Crippen molar-refractivity contribution in [2.75, 3.05) is 11.4 Å². The summed E-state index contributed by atoms with van der Waals surface area (Å²) >= 11 is 0. The summed E-state index contributed by atoms with van der Waals surface area (Å²) in [7, 11) is 0. The van der Waals surface area contributed by atoms with Crippen LogP contribution in [0, 0.1) is 10.1 Å².